The van der Waals surface area contributed by atoms with Gasteiger partial charge in [-0.15, -0.1) is 6.42 Å². The summed E-state index contributed by atoms with van der Waals surface area (Å²) in [6.45, 7) is 10.4. The predicted octanol–water partition coefficient (Wildman–Crippen LogP) is 5.92. The van der Waals surface area contributed by atoms with Crippen LogP contribution in [0.5, 0.6) is 0 Å². The van der Waals surface area contributed by atoms with E-state index in [0.29, 0.717) is 31.5 Å². The summed E-state index contributed by atoms with van der Waals surface area (Å²) in [6, 6.07) is 16.9. The standard InChI is InChI=1S/C28H31NO/c1-6-15-29-18-26(16-22-7-11-24(12-8-22)20(2)3)28(30)27(19-29)17-23-9-13-25(14-10-23)21(4)5/h1,7-14,16-17,20-21H,15,18-19H2,2-5H3/b26-16-,27-17+. The average molecular weight is 398 g/mol. The molecule has 1 heterocycles. The quantitative estimate of drug-likeness (QED) is 0.461. The van der Waals surface area contributed by atoms with Crippen LogP contribution in [-0.2, 0) is 4.79 Å². The van der Waals surface area contributed by atoms with Crippen molar-refractivity contribution >= 4 is 17.9 Å². The minimum Gasteiger partial charge on any atom is -0.289 e. The lowest BCUT2D eigenvalue weighted by atomic mass is 9.93. The van der Waals surface area contributed by atoms with Crippen molar-refractivity contribution in [3.05, 3.63) is 81.9 Å². The van der Waals surface area contributed by atoms with Gasteiger partial charge in [0.25, 0.3) is 0 Å². The Morgan fingerprint density at radius 2 is 1.23 bits per heavy atom. The zero-order valence-corrected chi connectivity index (χ0v) is 18.5. The Balaban J connectivity index is 1.90. The maximum atomic E-state index is 13.2. The topological polar surface area (TPSA) is 20.3 Å². The van der Waals surface area contributed by atoms with Gasteiger partial charge in [0.05, 0.1) is 6.54 Å². The number of ketones is 1. The van der Waals surface area contributed by atoms with Crippen LogP contribution in [0.25, 0.3) is 12.2 Å². The summed E-state index contributed by atoms with van der Waals surface area (Å²) < 4.78 is 0. The van der Waals surface area contributed by atoms with E-state index < -0.39 is 0 Å². The van der Waals surface area contributed by atoms with Crippen molar-refractivity contribution in [2.45, 2.75) is 39.5 Å². The van der Waals surface area contributed by atoms with E-state index in [1.54, 1.807) is 0 Å². The Bertz CT molecular complexity index is 909. The molecule has 0 saturated carbocycles. The molecule has 1 fully saturated rings. The lowest BCUT2D eigenvalue weighted by molar-refractivity contribution is -0.113. The molecule has 1 saturated heterocycles. The number of nitrogens with zero attached hydrogens (tertiary/aromatic N) is 1. The highest BCUT2D eigenvalue weighted by molar-refractivity contribution is 6.14. The molecule has 2 heteroatoms. The molecule has 0 N–H and O–H groups in total. The normalized spacial score (nSPS) is 17.8. The highest BCUT2D eigenvalue weighted by atomic mass is 16.1. The lowest BCUT2D eigenvalue weighted by Crippen LogP contribution is -2.37. The number of terminal acetylenes is 1. The Kier molecular flexibility index (Phi) is 7.08. The first-order chi connectivity index (χ1) is 14.4. The number of rotatable bonds is 5. The number of hydrogen-bond donors (Lipinski definition) is 0. The third-order valence-electron chi connectivity index (χ3n) is 5.57. The molecule has 0 aliphatic carbocycles. The first kappa shape index (κ1) is 21.8. The zero-order chi connectivity index (χ0) is 21.7. The van der Waals surface area contributed by atoms with Gasteiger partial charge in [-0.2, -0.15) is 0 Å². The smallest absolute Gasteiger partial charge is 0.187 e. The minimum absolute atomic E-state index is 0.115. The van der Waals surface area contributed by atoms with Gasteiger partial charge in [0, 0.05) is 24.2 Å². The fourth-order valence-electron chi connectivity index (χ4n) is 3.71. The van der Waals surface area contributed by atoms with Crippen molar-refractivity contribution < 1.29 is 4.79 Å². The van der Waals surface area contributed by atoms with Crippen molar-refractivity contribution in [2.24, 2.45) is 0 Å². The molecular weight excluding hydrogens is 366 g/mol. The van der Waals surface area contributed by atoms with Gasteiger partial charge < -0.3 is 0 Å². The summed E-state index contributed by atoms with van der Waals surface area (Å²) in [6.07, 6.45) is 9.57. The highest BCUT2D eigenvalue weighted by Crippen LogP contribution is 2.24. The molecule has 0 spiro atoms. The molecule has 1 aliphatic heterocycles. The van der Waals surface area contributed by atoms with Crippen molar-refractivity contribution in [1.29, 1.82) is 0 Å². The molecule has 0 amide bonds. The molecule has 2 aromatic carbocycles. The summed E-state index contributed by atoms with van der Waals surface area (Å²) in [5.41, 5.74) is 6.27. The number of carbonyl (C=O) groups is 1. The minimum atomic E-state index is 0.115. The van der Waals surface area contributed by atoms with Crippen molar-refractivity contribution in [1.82, 2.24) is 4.90 Å². The highest BCUT2D eigenvalue weighted by Gasteiger charge is 2.25. The summed E-state index contributed by atoms with van der Waals surface area (Å²) in [7, 11) is 0. The monoisotopic (exact) mass is 397 g/mol. The maximum absolute atomic E-state index is 13.2. The van der Waals surface area contributed by atoms with Gasteiger partial charge in [-0.25, -0.2) is 0 Å². The Morgan fingerprint density at radius 3 is 1.57 bits per heavy atom. The molecule has 3 rings (SSSR count). The number of Topliss-reactive ketones (excluding diaryl/α,β-unsaturated/α-hetero) is 1. The first-order valence-electron chi connectivity index (χ1n) is 10.7. The van der Waals surface area contributed by atoms with Gasteiger partial charge in [0.1, 0.15) is 0 Å². The second-order valence-corrected chi connectivity index (χ2v) is 8.66. The first-order valence-corrected chi connectivity index (χ1v) is 10.7. The number of benzene rings is 2. The Labute approximate surface area is 181 Å². The van der Waals surface area contributed by atoms with E-state index in [1.807, 2.05) is 12.2 Å². The average Bonchev–Trinajstić information content (AvgIpc) is 2.72. The molecule has 0 bridgehead atoms. The molecule has 0 unspecified atom stereocenters. The van der Waals surface area contributed by atoms with E-state index in [9.17, 15) is 4.79 Å². The van der Waals surface area contributed by atoms with Crippen LogP contribution in [0.1, 0.15) is 61.8 Å². The van der Waals surface area contributed by atoms with E-state index in [0.717, 1.165) is 22.3 Å². The van der Waals surface area contributed by atoms with Crippen LogP contribution >= 0.6 is 0 Å². The molecule has 2 nitrogen and oxygen atoms in total. The molecule has 1 aliphatic rings. The second kappa shape index (κ2) is 9.74. The number of likely N-dealkylation sites (tertiary alicyclic amines) is 1. The molecule has 0 aromatic heterocycles. The zero-order valence-electron chi connectivity index (χ0n) is 18.5. The molecule has 154 valence electrons. The van der Waals surface area contributed by atoms with E-state index in [4.69, 9.17) is 6.42 Å². The van der Waals surface area contributed by atoms with Gasteiger partial charge in [-0.1, -0.05) is 82.1 Å². The molecule has 30 heavy (non-hydrogen) atoms. The third-order valence-corrected chi connectivity index (χ3v) is 5.57. The largest absolute Gasteiger partial charge is 0.289 e. The fraction of sp³-hybridized carbons (Fsp3) is 0.321. The third kappa shape index (κ3) is 5.38. The van der Waals surface area contributed by atoms with Crippen molar-refractivity contribution in [3.8, 4) is 12.3 Å². The predicted molar refractivity (Wildman–Crippen MR) is 127 cm³/mol. The second-order valence-electron chi connectivity index (χ2n) is 8.66. The van der Waals surface area contributed by atoms with Crippen LogP contribution in [0.15, 0.2) is 59.7 Å². The van der Waals surface area contributed by atoms with Crippen LogP contribution in [-0.4, -0.2) is 30.3 Å². The van der Waals surface area contributed by atoms with Crippen molar-refractivity contribution in [2.75, 3.05) is 19.6 Å². The lowest BCUT2D eigenvalue weighted by Gasteiger charge is -2.28. The summed E-state index contributed by atoms with van der Waals surface area (Å²) in [4.78, 5) is 15.4. The Hall–Kier alpha value is -2.89. The van der Waals surface area contributed by atoms with E-state index in [1.165, 1.54) is 11.1 Å². The van der Waals surface area contributed by atoms with Crippen LogP contribution in [0.4, 0.5) is 0 Å². The van der Waals surface area contributed by atoms with E-state index in [2.05, 4.69) is 87.0 Å². The molecule has 2 aromatic rings. The fourth-order valence-corrected chi connectivity index (χ4v) is 3.71. The summed E-state index contributed by atoms with van der Waals surface area (Å²) >= 11 is 0. The van der Waals surface area contributed by atoms with Gasteiger partial charge in [0.15, 0.2) is 5.78 Å². The number of piperidine rings is 1. The number of hydrogen-bond acceptors (Lipinski definition) is 2. The Morgan fingerprint density at radius 1 is 0.833 bits per heavy atom. The van der Waals surface area contributed by atoms with Crippen LogP contribution in [0, 0.1) is 12.3 Å². The van der Waals surface area contributed by atoms with Crippen LogP contribution in [0.3, 0.4) is 0 Å². The van der Waals surface area contributed by atoms with Crippen LogP contribution in [0.2, 0.25) is 0 Å². The summed E-state index contributed by atoms with van der Waals surface area (Å²) in [5, 5.41) is 0. The van der Waals surface area contributed by atoms with Gasteiger partial charge in [0.2, 0.25) is 0 Å². The molecular formula is C28H31NO. The number of carbonyl (C=O) groups excluding carboxylic acids is 1. The van der Waals surface area contributed by atoms with E-state index >= 15 is 0 Å². The SMILES string of the molecule is C#CCN1C/C(=C/c2ccc(C(C)C)cc2)C(=O)/C(=C/c2ccc(C(C)C)cc2)C1. The van der Waals surface area contributed by atoms with Gasteiger partial charge >= 0.3 is 0 Å². The van der Waals surface area contributed by atoms with Crippen LogP contribution < -0.4 is 0 Å². The summed E-state index contributed by atoms with van der Waals surface area (Å²) in [5.74, 6) is 3.82. The van der Waals surface area contributed by atoms with Crippen molar-refractivity contribution in [3.63, 3.8) is 0 Å². The maximum Gasteiger partial charge on any atom is 0.187 e. The van der Waals surface area contributed by atoms with E-state index in [-0.39, 0.29) is 5.78 Å². The van der Waals surface area contributed by atoms with Gasteiger partial charge in [-0.05, 0) is 46.2 Å². The molecule has 0 radical (unpaired) electrons. The molecule has 0 atom stereocenters. The van der Waals surface area contributed by atoms with Gasteiger partial charge in [-0.3, -0.25) is 9.69 Å².